The Labute approximate surface area is 172 Å². The second kappa shape index (κ2) is 6.92. The van der Waals surface area contributed by atoms with Crippen LogP contribution in [0.5, 0.6) is 0 Å². The predicted molar refractivity (Wildman–Crippen MR) is 101 cm³/mol. The van der Waals surface area contributed by atoms with E-state index < -0.39 is 42.9 Å². The number of thioether (sulfide) groups is 1. The Morgan fingerprint density at radius 1 is 1.20 bits per heavy atom. The lowest BCUT2D eigenvalue weighted by Crippen LogP contribution is -2.33. The van der Waals surface area contributed by atoms with Crippen molar-refractivity contribution >= 4 is 22.8 Å². The van der Waals surface area contributed by atoms with Crippen molar-refractivity contribution in [3.8, 4) is 11.3 Å². The van der Waals surface area contributed by atoms with Gasteiger partial charge in [0.25, 0.3) is 0 Å². The van der Waals surface area contributed by atoms with Crippen molar-refractivity contribution in [2.75, 3.05) is 6.61 Å². The maximum absolute atomic E-state index is 14.1. The Hall–Kier alpha value is -2.18. The lowest BCUT2D eigenvalue weighted by Gasteiger charge is -2.23. The van der Waals surface area contributed by atoms with Gasteiger partial charge in [-0.05, 0) is 6.07 Å². The fourth-order valence-corrected chi connectivity index (χ4v) is 5.07. The van der Waals surface area contributed by atoms with Gasteiger partial charge in [0, 0.05) is 21.8 Å². The fourth-order valence-electron chi connectivity index (χ4n) is 3.99. The number of benzene rings is 1. The number of ether oxygens (including phenoxy) is 1. The molecule has 2 aromatic heterocycles. The molecule has 2 aliphatic rings. The first-order chi connectivity index (χ1) is 14.3. The summed E-state index contributed by atoms with van der Waals surface area (Å²) in [5.41, 5.74) is -0.0535. The van der Waals surface area contributed by atoms with Crippen molar-refractivity contribution < 1.29 is 33.2 Å². The van der Waals surface area contributed by atoms with Gasteiger partial charge in [0.1, 0.15) is 18.3 Å². The van der Waals surface area contributed by atoms with Crippen molar-refractivity contribution in [2.24, 2.45) is 0 Å². The van der Waals surface area contributed by atoms with Crippen molar-refractivity contribution in [3.63, 3.8) is 0 Å². The highest BCUT2D eigenvalue weighted by Crippen LogP contribution is 2.48. The van der Waals surface area contributed by atoms with E-state index in [-0.39, 0.29) is 28.0 Å². The molecule has 0 unspecified atom stereocenters. The zero-order valence-corrected chi connectivity index (χ0v) is 16.1. The van der Waals surface area contributed by atoms with E-state index in [4.69, 9.17) is 4.74 Å². The van der Waals surface area contributed by atoms with Crippen LogP contribution in [0.2, 0.25) is 0 Å². The van der Waals surface area contributed by atoms with E-state index in [1.807, 2.05) is 12.1 Å². The minimum Gasteiger partial charge on any atom is -0.394 e. The maximum atomic E-state index is 14.1. The van der Waals surface area contributed by atoms with E-state index in [9.17, 15) is 28.5 Å². The number of aliphatic hydroxyl groups is 3. The number of pyridine rings is 1. The highest BCUT2D eigenvalue weighted by atomic mass is 32.2. The average Bonchev–Trinajstić information content (AvgIpc) is 3.26. The molecule has 1 fully saturated rings. The first-order valence-electron chi connectivity index (χ1n) is 9.13. The van der Waals surface area contributed by atoms with E-state index in [0.29, 0.717) is 5.56 Å². The van der Waals surface area contributed by atoms with Crippen LogP contribution in [-0.4, -0.2) is 55.0 Å². The van der Waals surface area contributed by atoms with E-state index in [2.05, 4.69) is 10.1 Å². The Morgan fingerprint density at radius 2 is 1.97 bits per heavy atom. The molecule has 158 valence electrons. The minimum atomic E-state index is -4.64. The number of hydrogen-bond acceptors (Lipinski definition) is 7. The van der Waals surface area contributed by atoms with Gasteiger partial charge >= 0.3 is 6.18 Å². The summed E-state index contributed by atoms with van der Waals surface area (Å²) in [5, 5.41) is 33.4. The molecular formula is C19H16F3N3O4S. The van der Waals surface area contributed by atoms with Crippen LogP contribution in [0.15, 0.2) is 35.4 Å². The average molecular weight is 439 g/mol. The Morgan fingerprint density at radius 3 is 2.67 bits per heavy atom. The topological polar surface area (TPSA) is 101 Å². The third kappa shape index (κ3) is 2.84. The van der Waals surface area contributed by atoms with Crippen molar-refractivity contribution in [3.05, 3.63) is 41.6 Å². The Kier molecular flexibility index (Phi) is 4.56. The molecule has 3 N–H and O–H groups in total. The van der Waals surface area contributed by atoms with E-state index in [1.54, 1.807) is 12.1 Å². The zero-order chi connectivity index (χ0) is 21.2. The Bertz CT molecular complexity index is 1140. The summed E-state index contributed by atoms with van der Waals surface area (Å²) in [5.74, 6) is 0.114. The molecule has 11 heteroatoms. The van der Waals surface area contributed by atoms with Crippen LogP contribution in [0.1, 0.15) is 17.4 Å². The number of aromatic nitrogens is 3. The number of aliphatic hydroxyl groups excluding tert-OH is 3. The van der Waals surface area contributed by atoms with Gasteiger partial charge in [0.2, 0.25) is 0 Å². The zero-order valence-electron chi connectivity index (χ0n) is 15.2. The van der Waals surface area contributed by atoms with Crippen LogP contribution < -0.4 is 0 Å². The highest BCUT2D eigenvalue weighted by molar-refractivity contribution is 7.98. The first-order valence-corrected chi connectivity index (χ1v) is 10.1. The van der Waals surface area contributed by atoms with Crippen molar-refractivity contribution in [1.29, 1.82) is 0 Å². The quantitative estimate of drug-likeness (QED) is 0.564. The molecule has 30 heavy (non-hydrogen) atoms. The van der Waals surface area contributed by atoms with Crippen molar-refractivity contribution in [1.82, 2.24) is 14.8 Å². The molecular weight excluding hydrogens is 423 g/mol. The number of rotatable bonds is 2. The van der Waals surface area contributed by atoms with Gasteiger partial charge in [-0.1, -0.05) is 18.2 Å². The van der Waals surface area contributed by atoms with Crippen LogP contribution >= 0.6 is 11.8 Å². The summed E-state index contributed by atoms with van der Waals surface area (Å²) in [6, 6.07) is 7.08. The summed E-state index contributed by atoms with van der Waals surface area (Å²) >= 11 is 1.31. The van der Waals surface area contributed by atoms with Gasteiger partial charge in [-0.15, -0.1) is 11.8 Å². The minimum absolute atomic E-state index is 0.0828. The molecule has 5 rings (SSSR count). The van der Waals surface area contributed by atoms with Crippen LogP contribution in [0.25, 0.3) is 22.3 Å². The van der Waals surface area contributed by atoms with E-state index >= 15 is 0 Å². The molecule has 3 aromatic rings. The predicted octanol–water partition coefficient (Wildman–Crippen LogP) is 2.33. The van der Waals surface area contributed by atoms with Crippen LogP contribution in [0, 0.1) is 0 Å². The molecule has 4 atom stereocenters. The number of nitrogens with zero attached hydrogens (tertiary/aromatic N) is 3. The molecule has 1 aromatic carbocycles. The number of hydrogen-bond donors (Lipinski definition) is 3. The Balaban J connectivity index is 1.76. The van der Waals surface area contributed by atoms with Gasteiger partial charge in [-0.25, -0.2) is 9.67 Å². The van der Waals surface area contributed by atoms with Crippen LogP contribution in [0.4, 0.5) is 13.2 Å². The molecule has 0 bridgehead atoms. The molecule has 4 heterocycles. The van der Waals surface area contributed by atoms with Crippen LogP contribution in [-0.2, 0) is 16.7 Å². The fraction of sp³-hybridized carbons (Fsp3) is 0.368. The third-order valence-electron chi connectivity index (χ3n) is 5.40. The van der Waals surface area contributed by atoms with E-state index in [1.165, 1.54) is 11.8 Å². The molecule has 7 nitrogen and oxygen atoms in total. The third-order valence-corrected chi connectivity index (χ3v) is 6.50. The summed E-state index contributed by atoms with van der Waals surface area (Å²) < 4.78 is 48.8. The second-order valence-electron chi connectivity index (χ2n) is 7.15. The first kappa shape index (κ1) is 19.8. The molecule has 2 aliphatic heterocycles. The smallest absolute Gasteiger partial charge is 0.394 e. The standard InChI is InChI=1S/C19H16F3N3O4S/c20-19(21,22)13-9-5-23-25(18-16(28)15(27)11(6-26)29-18)17(9)24-14-8-3-1-2-4-12(8)30-7-10(13)14/h1-5,11,15-16,18,26-28H,6-7H2/t11-,15-,16-,18-/m1/s1. The second-order valence-corrected chi connectivity index (χ2v) is 8.17. The molecule has 1 saturated heterocycles. The van der Waals surface area contributed by atoms with Gasteiger partial charge in [0.15, 0.2) is 11.9 Å². The van der Waals surface area contributed by atoms with Crippen molar-refractivity contribution in [2.45, 2.75) is 41.4 Å². The van der Waals surface area contributed by atoms with Crippen LogP contribution in [0.3, 0.4) is 0 Å². The lowest BCUT2D eigenvalue weighted by atomic mass is 9.99. The number of halogens is 3. The molecule has 0 spiro atoms. The normalized spacial score (nSPS) is 26.1. The van der Waals surface area contributed by atoms with E-state index in [0.717, 1.165) is 15.8 Å². The van der Waals surface area contributed by atoms with Gasteiger partial charge in [-0.2, -0.15) is 18.3 Å². The molecule has 0 amide bonds. The number of fused-ring (bicyclic) bond motifs is 4. The monoisotopic (exact) mass is 439 g/mol. The maximum Gasteiger partial charge on any atom is 0.417 e. The highest BCUT2D eigenvalue weighted by Gasteiger charge is 2.46. The van der Waals surface area contributed by atoms with Gasteiger partial charge in [-0.3, -0.25) is 0 Å². The van der Waals surface area contributed by atoms with Gasteiger partial charge in [0.05, 0.1) is 29.4 Å². The summed E-state index contributed by atoms with van der Waals surface area (Å²) in [7, 11) is 0. The summed E-state index contributed by atoms with van der Waals surface area (Å²) in [4.78, 5) is 5.32. The lowest BCUT2D eigenvalue weighted by molar-refractivity contribution is -0.136. The largest absolute Gasteiger partial charge is 0.417 e. The molecule has 0 radical (unpaired) electrons. The SMILES string of the molecule is OC[C@H]1O[C@@H](n2ncc3c(C(F)(F)F)c4c(nc32)-c2ccccc2SC4)[C@H](O)[C@@H]1O. The number of alkyl halides is 3. The summed E-state index contributed by atoms with van der Waals surface area (Å²) in [6.07, 6.45) is -8.86. The molecule has 0 saturated carbocycles. The molecule has 0 aliphatic carbocycles. The summed E-state index contributed by atoms with van der Waals surface area (Å²) in [6.45, 7) is -0.560. The van der Waals surface area contributed by atoms with Gasteiger partial charge < -0.3 is 20.1 Å².